The molecular formula is C16H18Br2O2. The molecule has 2 aliphatic carbocycles. The van der Waals surface area contributed by atoms with E-state index < -0.39 is 4.32 Å². The number of allylic oxidation sites excluding steroid dienone is 5. The summed E-state index contributed by atoms with van der Waals surface area (Å²) < 4.78 is -0.357. The lowest BCUT2D eigenvalue weighted by atomic mass is 9.67. The number of rotatable bonds is 4. The van der Waals surface area contributed by atoms with Crippen molar-refractivity contribution in [2.45, 2.75) is 36.9 Å². The van der Waals surface area contributed by atoms with Gasteiger partial charge in [0.05, 0.1) is 4.48 Å². The smallest absolute Gasteiger partial charge is 0.175 e. The average molecular weight is 402 g/mol. The Bertz CT molecular complexity index is 519. The molecule has 20 heavy (non-hydrogen) atoms. The third-order valence-corrected chi connectivity index (χ3v) is 6.24. The van der Waals surface area contributed by atoms with Crippen LogP contribution in [0.25, 0.3) is 0 Å². The van der Waals surface area contributed by atoms with E-state index in [1.54, 1.807) is 0 Å². The summed E-state index contributed by atoms with van der Waals surface area (Å²) in [7, 11) is 0. The Morgan fingerprint density at radius 1 is 1.50 bits per heavy atom. The van der Waals surface area contributed by atoms with Crippen LogP contribution in [-0.2, 0) is 9.59 Å². The van der Waals surface area contributed by atoms with Gasteiger partial charge in [-0.15, -0.1) is 6.58 Å². The quantitative estimate of drug-likeness (QED) is 0.513. The van der Waals surface area contributed by atoms with Crippen molar-refractivity contribution in [1.82, 2.24) is 0 Å². The zero-order valence-electron chi connectivity index (χ0n) is 11.5. The van der Waals surface area contributed by atoms with Crippen molar-refractivity contribution >= 4 is 43.4 Å². The maximum Gasteiger partial charge on any atom is 0.175 e. The highest BCUT2D eigenvalue weighted by Gasteiger charge is 2.54. The molecule has 0 spiro atoms. The number of hydrogen-bond acceptors (Lipinski definition) is 2. The summed E-state index contributed by atoms with van der Waals surface area (Å²) in [6.07, 6.45) is 8.99. The fourth-order valence-electron chi connectivity index (χ4n) is 2.99. The number of ketones is 2. The third-order valence-electron chi connectivity index (χ3n) is 4.09. The summed E-state index contributed by atoms with van der Waals surface area (Å²) in [5, 5.41) is 0. The topological polar surface area (TPSA) is 34.1 Å². The van der Waals surface area contributed by atoms with Gasteiger partial charge < -0.3 is 0 Å². The second-order valence-corrected chi connectivity index (χ2v) is 7.83. The maximum atomic E-state index is 12.5. The molecule has 0 bridgehead atoms. The van der Waals surface area contributed by atoms with E-state index in [1.807, 2.05) is 13.0 Å². The van der Waals surface area contributed by atoms with Crippen LogP contribution in [0.4, 0.5) is 0 Å². The molecule has 0 saturated carbocycles. The first-order valence-corrected chi connectivity index (χ1v) is 8.41. The third kappa shape index (κ3) is 2.77. The van der Waals surface area contributed by atoms with E-state index >= 15 is 0 Å². The standard InChI is InChI=1S/C16H18Br2O2/c1-10(2)5-3-6-11-7-4-8-12-15(20)13(17)9-14(19)16(11,12)18/h4,7,9,11-12H,1,3,5-6,8H2,2H3/t11-,12-,16+/m0/s1. The molecule has 2 aliphatic rings. The molecule has 0 unspecified atom stereocenters. The van der Waals surface area contributed by atoms with E-state index in [0.717, 1.165) is 24.8 Å². The normalized spacial score (nSPS) is 32.9. The highest BCUT2D eigenvalue weighted by molar-refractivity contribution is 9.12. The van der Waals surface area contributed by atoms with Crippen LogP contribution in [0.1, 0.15) is 32.6 Å². The molecule has 0 fully saturated rings. The van der Waals surface area contributed by atoms with Crippen molar-refractivity contribution < 1.29 is 9.59 Å². The molecule has 2 nitrogen and oxygen atoms in total. The number of carbonyl (C=O) groups is 2. The molecule has 0 aromatic heterocycles. The van der Waals surface area contributed by atoms with Crippen LogP contribution in [0.15, 0.2) is 34.9 Å². The summed E-state index contributed by atoms with van der Waals surface area (Å²) >= 11 is 6.84. The highest BCUT2D eigenvalue weighted by atomic mass is 79.9. The first-order valence-electron chi connectivity index (χ1n) is 6.83. The number of fused-ring (bicyclic) bond motifs is 1. The first kappa shape index (κ1) is 15.9. The predicted octanol–water partition coefficient (Wildman–Crippen LogP) is 4.49. The van der Waals surface area contributed by atoms with Gasteiger partial charge in [0, 0.05) is 17.9 Å². The molecular weight excluding hydrogens is 384 g/mol. The zero-order chi connectivity index (χ0) is 14.9. The van der Waals surface area contributed by atoms with Gasteiger partial charge in [0.25, 0.3) is 0 Å². The van der Waals surface area contributed by atoms with Gasteiger partial charge in [-0.3, -0.25) is 9.59 Å². The van der Waals surface area contributed by atoms with E-state index in [1.165, 1.54) is 6.08 Å². The van der Waals surface area contributed by atoms with Crippen LogP contribution in [0.5, 0.6) is 0 Å². The molecule has 0 N–H and O–H groups in total. The Labute approximate surface area is 136 Å². The minimum Gasteiger partial charge on any atom is -0.293 e. The van der Waals surface area contributed by atoms with E-state index in [0.29, 0.717) is 10.9 Å². The van der Waals surface area contributed by atoms with Crippen molar-refractivity contribution in [3.63, 3.8) is 0 Å². The molecule has 108 valence electrons. The van der Waals surface area contributed by atoms with E-state index in [2.05, 4.69) is 44.5 Å². The second-order valence-electron chi connectivity index (χ2n) is 5.66. The molecule has 0 aromatic carbocycles. The van der Waals surface area contributed by atoms with Crippen molar-refractivity contribution in [2.24, 2.45) is 11.8 Å². The van der Waals surface area contributed by atoms with Gasteiger partial charge in [-0.1, -0.05) is 33.7 Å². The summed E-state index contributed by atoms with van der Waals surface area (Å²) in [5.74, 6) is -0.211. The lowest BCUT2D eigenvalue weighted by Gasteiger charge is -2.42. The van der Waals surface area contributed by atoms with Gasteiger partial charge in [-0.25, -0.2) is 0 Å². The monoisotopic (exact) mass is 400 g/mol. The van der Waals surface area contributed by atoms with Gasteiger partial charge >= 0.3 is 0 Å². The van der Waals surface area contributed by atoms with Crippen LogP contribution >= 0.6 is 31.9 Å². The maximum absolute atomic E-state index is 12.5. The first-order chi connectivity index (χ1) is 9.37. The summed E-state index contributed by atoms with van der Waals surface area (Å²) in [4.78, 5) is 24.7. The molecule has 0 radical (unpaired) electrons. The minimum absolute atomic E-state index is 0.00125. The zero-order valence-corrected chi connectivity index (χ0v) is 14.7. The molecule has 0 saturated heterocycles. The molecule has 0 aromatic rings. The fourth-order valence-corrected chi connectivity index (χ4v) is 4.37. The van der Waals surface area contributed by atoms with E-state index in [4.69, 9.17) is 0 Å². The molecule has 0 heterocycles. The number of alkyl halides is 1. The van der Waals surface area contributed by atoms with Crippen molar-refractivity contribution in [3.8, 4) is 0 Å². The molecule has 0 aliphatic heterocycles. The lowest BCUT2D eigenvalue weighted by Crippen LogP contribution is -2.52. The predicted molar refractivity (Wildman–Crippen MR) is 88.1 cm³/mol. The molecule has 2 rings (SSSR count). The van der Waals surface area contributed by atoms with Crippen molar-refractivity contribution in [2.75, 3.05) is 0 Å². The Hall–Kier alpha value is -0.480. The van der Waals surface area contributed by atoms with Crippen molar-refractivity contribution in [3.05, 3.63) is 34.9 Å². The molecule has 4 heteroatoms. The summed E-state index contributed by atoms with van der Waals surface area (Å²) in [5.41, 5.74) is 1.15. The number of halogens is 2. The van der Waals surface area contributed by atoms with Crippen LogP contribution in [0, 0.1) is 11.8 Å². The Kier molecular flexibility index (Phi) is 4.85. The molecule has 3 atom stereocenters. The number of carbonyl (C=O) groups excluding carboxylic acids is 2. The van der Waals surface area contributed by atoms with E-state index in [9.17, 15) is 9.59 Å². The van der Waals surface area contributed by atoms with Gasteiger partial charge in [-0.05, 0) is 48.5 Å². The largest absolute Gasteiger partial charge is 0.293 e. The number of hydrogen-bond donors (Lipinski definition) is 0. The Morgan fingerprint density at radius 3 is 2.85 bits per heavy atom. The van der Waals surface area contributed by atoms with Crippen LogP contribution in [-0.4, -0.2) is 15.9 Å². The average Bonchev–Trinajstić information content (AvgIpc) is 2.38. The van der Waals surface area contributed by atoms with Crippen LogP contribution in [0.3, 0.4) is 0 Å². The minimum atomic E-state index is -0.759. The Morgan fingerprint density at radius 2 is 2.20 bits per heavy atom. The fraction of sp³-hybridized carbons (Fsp3) is 0.500. The van der Waals surface area contributed by atoms with Gasteiger partial charge in [0.2, 0.25) is 0 Å². The lowest BCUT2D eigenvalue weighted by molar-refractivity contribution is -0.128. The second kappa shape index (κ2) is 6.10. The summed E-state index contributed by atoms with van der Waals surface area (Å²) in [6, 6.07) is 0. The van der Waals surface area contributed by atoms with Crippen molar-refractivity contribution in [1.29, 1.82) is 0 Å². The van der Waals surface area contributed by atoms with Gasteiger partial charge in [0.1, 0.15) is 4.32 Å². The SMILES string of the molecule is C=C(C)CCC[C@H]1C=CC[C@H]2C(=O)C(Br)=CC(=O)[C@@]12Br. The summed E-state index contributed by atoms with van der Waals surface area (Å²) in [6.45, 7) is 5.92. The highest BCUT2D eigenvalue weighted by Crippen LogP contribution is 2.49. The van der Waals surface area contributed by atoms with Gasteiger partial charge in [-0.2, -0.15) is 0 Å². The van der Waals surface area contributed by atoms with Crippen LogP contribution in [0.2, 0.25) is 0 Å². The van der Waals surface area contributed by atoms with Gasteiger partial charge in [0.15, 0.2) is 11.6 Å². The van der Waals surface area contributed by atoms with Crippen LogP contribution < -0.4 is 0 Å². The number of Topliss-reactive ketones (excluding diaryl/α,β-unsaturated/α-hetero) is 1. The Balaban J connectivity index is 2.24. The molecule has 0 amide bonds. The van der Waals surface area contributed by atoms with E-state index in [-0.39, 0.29) is 23.4 Å².